The van der Waals surface area contributed by atoms with E-state index < -0.39 is 23.3 Å². The van der Waals surface area contributed by atoms with Gasteiger partial charge >= 0.3 is 5.97 Å². The summed E-state index contributed by atoms with van der Waals surface area (Å²) in [5, 5.41) is 0. The van der Waals surface area contributed by atoms with Gasteiger partial charge in [-0.05, 0) is 26.0 Å². The number of nitrogens with zero attached hydrogens (tertiary/aromatic N) is 1. The van der Waals surface area contributed by atoms with Crippen LogP contribution < -0.4 is 10.0 Å². The Labute approximate surface area is 115 Å². The molecule has 2 atom stereocenters. The van der Waals surface area contributed by atoms with Gasteiger partial charge < -0.3 is 10.5 Å². The molecule has 106 valence electrons. The fraction of sp³-hybridized carbons (Fsp3) is 0.417. The topological polar surface area (TPSA) is 92.9 Å². The number of anilines is 1. The molecule has 0 bridgehead atoms. The molecule has 0 fully saturated rings. The average molecular weight is 286 g/mol. The van der Waals surface area contributed by atoms with Gasteiger partial charge in [0.05, 0.1) is 12.3 Å². The summed E-state index contributed by atoms with van der Waals surface area (Å²) in [6, 6.07) is 5.90. The predicted molar refractivity (Wildman–Crippen MR) is 73.9 cm³/mol. The Morgan fingerprint density at radius 1 is 1.47 bits per heavy atom. The van der Waals surface area contributed by atoms with Crippen molar-refractivity contribution < 1.29 is 18.3 Å². The molecule has 0 aromatic heterocycles. The van der Waals surface area contributed by atoms with Crippen LogP contribution in [0.3, 0.4) is 0 Å². The fourth-order valence-electron chi connectivity index (χ4n) is 1.60. The van der Waals surface area contributed by atoms with Gasteiger partial charge in [0.15, 0.2) is 6.04 Å². The number of rotatable bonds is 6. The standard InChI is InChI=1S/C12H18N2O4S/c1-3-18-12(15)11(8-13)14(19(16)17)10-6-4-9(2)5-7-10/h4-7,11H,3,8,13H2,1-2H3,(H,16,17). The highest BCUT2D eigenvalue weighted by Gasteiger charge is 2.30. The summed E-state index contributed by atoms with van der Waals surface area (Å²) in [5.74, 6) is -0.618. The van der Waals surface area contributed by atoms with Crippen molar-refractivity contribution in [1.82, 2.24) is 0 Å². The van der Waals surface area contributed by atoms with Crippen molar-refractivity contribution >= 4 is 22.9 Å². The molecule has 6 nitrogen and oxygen atoms in total. The third kappa shape index (κ3) is 4.02. The van der Waals surface area contributed by atoms with E-state index in [0.717, 1.165) is 9.87 Å². The summed E-state index contributed by atoms with van der Waals surface area (Å²) in [6.07, 6.45) is 0. The van der Waals surface area contributed by atoms with Gasteiger partial charge in [0.1, 0.15) is 0 Å². The molecule has 2 unspecified atom stereocenters. The predicted octanol–water partition coefficient (Wildman–Crippen LogP) is 0.829. The molecule has 0 heterocycles. The minimum atomic E-state index is -2.36. The van der Waals surface area contributed by atoms with Crippen LogP contribution in [0.1, 0.15) is 12.5 Å². The van der Waals surface area contributed by atoms with Gasteiger partial charge in [0, 0.05) is 6.54 Å². The second kappa shape index (κ2) is 7.22. The Hall–Kier alpha value is -1.44. The molecule has 0 radical (unpaired) electrons. The number of carbonyl (C=O) groups excluding carboxylic acids is 1. The van der Waals surface area contributed by atoms with Crippen molar-refractivity contribution in [1.29, 1.82) is 0 Å². The van der Waals surface area contributed by atoms with E-state index >= 15 is 0 Å². The average Bonchev–Trinajstić information content (AvgIpc) is 2.37. The number of benzene rings is 1. The first-order valence-electron chi connectivity index (χ1n) is 5.84. The van der Waals surface area contributed by atoms with E-state index in [2.05, 4.69) is 0 Å². The molecule has 7 heteroatoms. The molecular weight excluding hydrogens is 268 g/mol. The maximum atomic E-state index is 11.8. The lowest BCUT2D eigenvalue weighted by atomic mass is 10.2. The maximum Gasteiger partial charge on any atom is 0.331 e. The summed E-state index contributed by atoms with van der Waals surface area (Å²) >= 11 is -2.36. The van der Waals surface area contributed by atoms with Gasteiger partial charge in [-0.2, -0.15) is 0 Å². The summed E-state index contributed by atoms with van der Waals surface area (Å²) in [4.78, 5) is 11.8. The van der Waals surface area contributed by atoms with Crippen molar-refractivity contribution in [3.8, 4) is 0 Å². The van der Waals surface area contributed by atoms with Crippen LogP contribution >= 0.6 is 0 Å². The van der Waals surface area contributed by atoms with E-state index in [4.69, 9.17) is 10.5 Å². The second-order valence-corrected chi connectivity index (χ2v) is 4.75. The first-order chi connectivity index (χ1) is 9.01. The number of hydrogen-bond donors (Lipinski definition) is 2. The van der Waals surface area contributed by atoms with Crippen LogP contribution in [-0.2, 0) is 20.8 Å². The molecule has 0 saturated heterocycles. The molecule has 0 aliphatic rings. The van der Waals surface area contributed by atoms with Crippen molar-refractivity contribution in [3.05, 3.63) is 29.8 Å². The van der Waals surface area contributed by atoms with Crippen molar-refractivity contribution in [2.75, 3.05) is 17.5 Å². The van der Waals surface area contributed by atoms with Crippen LogP contribution in [0.25, 0.3) is 0 Å². The van der Waals surface area contributed by atoms with Crippen molar-refractivity contribution in [2.45, 2.75) is 19.9 Å². The molecular formula is C12H18N2O4S. The third-order valence-electron chi connectivity index (χ3n) is 2.52. The summed E-state index contributed by atoms with van der Waals surface area (Å²) in [5.41, 5.74) is 6.97. The van der Waals surface area contributed by atoms with Gasteiger partial charge in [-0.15, -0.1) is 0 Å². The smallest absolute Gasteiger partial charge is 0.331 e. The van der Waals surface area contributed by atoms with E-state index in [9.17, 15) is 13.6 Å². The van der Waals surface area contributed by atoms with Gasteiger partial charge in [-0.3, -0.25) is 8.86 Å². The summed E-state index contributed by atoms with van der Waals surface area (Å²) in [6.45, 7) is 3.64. The van der Waals surface area contributed by atoms with Crippen LogP contribution in [0, 0.1) is 6.92 Å². The van der Waals surface area contributed by atoms with Crippen molar-refractivity contribution in [3.63, 3.8) is 0 Å². The minimum absolute atomic E-state index is 0.112. The summed E-state index contributed by atoms with van der Waals surface area (Å²) < 4.78 is 26.8. The lowest BCUT2D eigenvalue weighted by Crippen LogP contribution is -2.48. The molecule has 0 spiro atoms. The molecule has 3 N–H and O–H groups in total. The Balaban J connectivity index is 3.08. The van der Waals surface area contributed by atoms with Crippen LogP contribution in [0.15, 0.2) is 24.3 Å². The summed E-state index contributed by atoms with van der Waals surface area (Å²) in [7, 11) is 0. The number of esters is 1. The highest BCUT2D eigenvalue weighted by atomic mass is 32.2. The van der Waals surface area contributed by atoms with Crippen molar-refractivity contribution in [2.24, 2.45) is 5.73 Å². The molecule has 0 aliphatic heterocycles. The molecule has 1 aromatic carbocycles. The van der Waals surface area contributed by atoms with E-state index in [1.54, 1.807) is 31.2 Å². The zero-order chi connectivity index (χ0) is 14.4. The maximum absolute atomic E-state index is 11.8. The monoisotopic (exact) mass is 286 g/mol. The van der Waals surface area contributed by atoms with E-state index in [1.165, 1.54) is 0 Å². The van der Waals surface area contributed by atoms with Crippen LogP contribution in [0.2, 0.25) is 0 Å². The van der Waals surface area contributed by atoms with E-state index in [0.29, 0.717) is 5.69 Å². The van der Waals surface area contributed by atoms with Crippen LogP contribution in [0.5, 0.6) is 0 Å². The van der Waals surface area contributed by atoms with E-state index in [1.807, 2.05) is 6.92 Å². The Morgan fingerprint density at radius 2 is 2.05 bits per heavy atom. The lowest BCUT2D eigenvalue weighted by Gasteiger charge is -2.27. The molecule has 0 saturated carbocycles. The Bertz CT molecular complexity index is 450. The van der Waals surface area contributed by atoms with Gasteiger partial charge in [-0.25, -0.2) is 9.00 Å². The first-order valence-corrected chi connectivity index (χ1v) is 6.91. The molecule has 19 heavy (non-hydrogen) atoms. The highest BCUT2D eigenvalue weighted by molar-refractivity contribution is 7.80. The SMILES string of the molecule is CCOC(=O)C(CN)N(c1ccc(C)cc1)S(=O)O. The highest BCUT2D eigenvalue weighted by Crippen LogP contribution is 2.19. The third-order valence-corrected chi connectivity index (χ3v) is 3.32. The van der Waals surface area contributed by atoms with Crippen LogP contribution in [-0.4, -0.2) is 33.9 Å². The zero-order valence-electron chi connectivity index (χ0n) is 10.9. The Morgan fingerprint density at radius 3 is 2.47 bits per heavy atom. The molecule has 0 amide bonds. The number of carbonyl (C=O) groups is 1. The molecule has 0 aliphatic carbocycles. The first kappa shape index (κ1) is 15.6. The van der Waals surface area contributed by atoms with Gasteiger partial charge in [0.25, 0.3) is 11.3 Å². The van der Waals surface area contributed by atoms with Crippen LogP contribution in [0.4, 0.5) is 5.69 Å². The normalized spacial score (nSPS) is 13.7. The number of aryl methyl sites for hydroxylation is 1. The van der Waals surface area contributed by atoms with E-state index in [-0.39, 0.29) is 13.2 Å². The van der Waals surface area contributed by atoms with Gasteiger partial charge in [-0.1, -0.05) is 17.7 Å². The minimum Gasteiger partial charge on any atom is -0.464 e. The Kier molecular flexibility index (Phi) is 5.94. The number of hydrogen-bond acceptors (Lipinski definition) is 4. The second-order valence-electron chi connectivity index (χ2n) is 3.90. The zero-order valence-corrected chi connectivity index (χ0v) is 11.7. The molecule has 1 rings (SSSR count). The quantitative estimate of drug-likeness (QED) is 0.597. The number of ether oxygens (including phenoxy) is 1. The number of nitrogens with two attached hydrogens (primary N) is 1. The fourth-order valence-corrected chi connectivity index (χ4v) is 2.29. The lowest BCUT2D eigenvalue weighted by molar-refractivity contribution is -0.144. The largest absolute Gasteiger partial charge is 0.464 e. The van der Waals surface area contributed by atoms with Gasteiger partial charge in [0.2, 0.25) is 0 Å². The molecule has 1 aromatic rings.